The van der Waals surface area contributed by atoms with Crippen LogP contribution in [0.15, 0.2) is 359 Å². The second-order valence-corrected chi connectivity index (χ2v) is 42.1. The van der Waals surface area contributed by atoms with Crippen molar-refractivity contribution in [2.75, 3.05) is 9.80 Å². The third-order valence-electron chi connectivity index (χ3n) is 26.1. The van der Waals surface area contributed by atoms with E-state index < -0.39 is 16.1 Å². The Morgan fingerprint density at radius 1 is 0.287 bits per heavy atom. The number of nitrogens with zero attached hydrogens (tertiary/aromatic N) is 4. The number of allylic oxidation sites excluding steroid dienone is 4. The number of furan rings is 2. The maximum Gasteiger partial charge on any atom is 0.179 e. The number of rotatable bonds is 18. The summed E-state index contributed by atoms with van der Waals surface area (Å²) in [5.41, 5.74) is 22.7. The highest BCUT2D eigenvalue weighted by molar-refractivity contribution is 7.20. The van der Waals surface area contributed by atoms with Gasteiger partial charge in [-0.1, -0.05) is 345 Å². The predicted molar refractivity (Wildman–Crippen MR) is 518 cm³/mol. The molecule has 0 saturated heterocycles. The summed E-state index contributed by atoms with van der Waals surface area (Å²) in [5.74, 6) is 0.0865. The van der Waals surface area contributed by atoms with Gasteiger partial charge in [-0.15, -0.1) is 0 Å². The number of hydrogen-bond donors (Lipinski definition) is 0. The number of hydrogen-bond acceptors (Lipinski definition) is 6. The molecule has 17 aromatic carbocycles. The zero-order valence-electron chi connectivity index (χ0n) is 70.5. The third kappa shape index (κ3) is 12.6. The third-order valence-corrected chi connectivity index (χ3v) is 35.9. The molecule has 6 nitrogen and oxygen atoms in total. The Morgan fingerprint density at radius 2 is 0.639 bits per heavy atom. The van der Waals surface area contributed by atoms with Crippen LogP contribution in [0.1, 0.15) is 109 Å². The minimum atomic E-state index is -3.01. The predicted octanol–water partition coefficient (Wildman–Crippen LogP) is 26.2. The fraction of sp³-hybridized carbons (Fsp3) is 0.123. The summed E-state index contributed by atoms with van der Waals surface area (Å²) in [6, 6.07) is 127. The van der Waals surface area contributed by atoms with Crippen LogP contribution in [0.4, 0.5) is 34.1 Å². The maximum absolute atomic E-state index is 12.2. The van der Waals surface area contributed by atoms with Crippen LogP contribution in [0.5, 0.6) is 0 Å². The van der Waals surface area contributed by atoms with Gasteiger partial charge in [-0.2, -0.15) is 10.5 Å². The van der Waals surface area contributed by atoms with Crippen molar-refractivity contribution >= 4 is 163 Å². The average Bonchev–Trinajstić information content (AvgIpc) is 0.893. The second-order valence-electron chi connectivity index (χ2n) is 34.4. The largest absolute Gasteiger partial charge is 0.454 e. The Bertz CT molecular complexity index is 7380. The van der Waals surface area contributed by atoms with Crippen LogP contribution in [-0.2, 0) is 0 Å². The smallest absolute Gasteiger partial charge is 0.179 e. The van der Waals surface area contributed by atoms with Crippen LogP contribution in [0.3, 0.4) is 0 Å². The van der Waals surface area contributed by atoms with Gasteiger partial charge in [0.25, 0.3) is 0 Å². The first-order valence-corrected chi connectivity index (χ1v) is 46.7. The molecule has 0 radical (unpaired) electrons. The van der Waals surface area contributed by atoms with Crippen molar-refractivity contribution in [2.24, 2.45) is 0 Å². The van der Waals surface area contributed by atoms with E-state index >= 15 is 0 Å². The molecule has 0 bridgehead atoms. The molecule has 588 valence electrons. The number of para-hydroxylation sites is 4. The van der Waals surface area contributed by atoms with Gasteiger partial charge < -0.3 is 18.6 Å². The van der Waals surface area contributed by atoms with E-state index in [1.54, 1.807) is 0 Å². The standard InChI is InChI=1S/C114H92N4O2Si2/c1-71(2)101-67-107(117(105-27-17-25-97-93-23-11-13-29-109(93)119-113(97)105)103-61-43-81(63-83(103)69-115)79-19-15-21-91(65-79)121(85-45-31-73(5)32-46-85,86-47-33-74(6)34-48-86)87-49-35-75(7)36-50-87)99-60-58-96-102(72(3)4)68-108(100-59-57-95(101)111(99)112(96)100)118(106-28-18-26-98-94-24-12-14-30-110(94)120-114(98)106)104-62-44-82(64-84(104)70-116)80-20-16-22-92(66-80)122(88-51-37-76(8)38-52-88,89-53-39-77(9)40-54-89)90-55-41-78(10)42-56-90/h11-41,43-55,57-68,71-72H,42,56H2,1-10H3. The molecule has 19 aromatic rings. The Balaban J connectivity index is 0.805. The summed E-state index contributed by atoms with van der Waals surface area (Å²) in [4.78, 5) is 4.64. The van der Waals surface area contributed by atoms with Crippen molar-refractivity contribution in [1.82, 2.24) is 0 Å². The van der Waals surface area contributed by atoms with E-state index in [4.69, 9.17) is 8.83 Å². The van der Waals surface area contributed by atoms with Gasteiger partial charge in [0.05, 0.1) is 45.3 Å². The van der Waals surface area contributed by atoms with Gasteiger partial charge in [0, 0.05) is 32.3 Å². The number of benzene rings is 17. The van der Waals surface area contributed by atoms with Gasteiger partial charge in [0.2, 0.25) is 0 Å². The van der Waals surface area contributed by atoms with Crippen LogP contribution in [0, 0.1) is 57.3 Å². The van der Waals surface area contributed by atoms with E-state index in [1.807, 2.05) is 24.3 Å². The van der Waals surface area contributed by atoms with Crippen molar-refractivity contribution < 1.29 is 8.83 Å². The van der Waals surface area contributed by atoms with Gasteiger partial charge in [0.15, 0.2) is 27.3 Å². The van der Waals surface area contributed by atoms with Crippen molar-refractivity contribution in [3.63, 3.8) is 0 Å². The first kappa shape index (κ1) is 76.5. The Hall–Kier alpha value is -14.1. The number of anilines is 6. The fourth-order valence-corrected chi connectivity index (χ4v) is 29.6. The van der Waals surface area contributed by atoms with E-state index in [1.165, 1.54) is 74.9 Å². The summed E-state index contributed by atoms with van der Waals surface area (Å²) in [6.07, 6.45) is 6.76. The van der Waals surface area contributed by atoms with Crippen molar-refractivity contribution in [1.29, 1.82) is 10.5 Å². The lowest BCUT2D eigenvalue weighted by molar-refractivity contribution is 0.668. The quantitative estimate of drug-likeness (QED) is 0.0484. The van der Waals surface area contributed by atoms with Crippen LogP contribution < -0.4 is 46.1 Å². The number of fused-ring (bicyclic) bond motifs is 6. The summed E-state index contributed by atoms with van der Waals surface area (Å²) >= 11 is 0. The van der Waals surface area contributed by atoms with Gasteiger partial charge in [-0.05, 0) is 218 Å². The molecule has 0 saturated carbocycles. The first-order valence-electron chi connectivity index (χ1n) is 42.7. The zero-order chi connectivity index (χ0) is 83.4. The van der Waals surface area contributed by atoms with E-state index in [2.05, 4.69) is 407 Å². The highest BCUT2D eigenvalue weighted by atomic mass is 28.3. The summed E-state index contributed by atoms with van der Waals surface area (Å²) < 4.78 is 14.3. The summed E-state index contributed by atoms with van der Waals surface area (Å²) in [6.45, 7) is 22.3. The van der Waals surface area contributed by atoms with Crippen LogP contribution in [0.2, 0.25) is 0 Å². The lowest BCUT2D eigenvalue weighted by Gasteiger charge is -2.38. The molecular formula is C114H92N4O2Si2. The Labute approximate surface area is 715 Å². The molecule has 20 rings (SSSR count). The molecule has 0 unspecified atom stereocenters. The molecule has 2 heterocycles. The molecule has 0 atom stereocenters. The Morgan fingerprint density at radius 3 is 1.02 bits per heavy atom. The Kier molecular flexibility index (Phi) is 19.2. The topological polar surface area (TPSA) is 80.3 Å². The highest BCUT2D eigenvalue weighted by Gasteiger charge is 2.45. The van der Waals surface area contributed by atoms with Gasteiger partial charge in [-0.3, -0.25) is 0 Å². The molecule has 1 aliphatic carbocycles. The number of aryl methyl sites for hydroxylation is 5. The molecule has 1 aliphatic rings. The summed E-state index contributed by atoms with van der Waals surface area (Å²) in [7, 11) is -5.93. The lowest BCUT2D eigenvalue weighted by Crippen LogP contribution is -2.74. The van der Waals surface area contributed by atoms with E-state index in [9.17, 15) is 10.5 Å². The monoisotopic (exact) mass is 1600 g/mol. The second kappa shape index (κ2) is 30.6. The minimum Gasteiger partial charge on any atom is -0.454 e. The average molecular weight is 1610 g/mol. The molecule has 122 heavy (non-hydrogen) atoms. The van der Waals surface area contributed by atoms with E-state index in [0.29, 0.717) is 22.4 Å². The zero-order valence-corrected chi connectivity index (χ0v) is 72.5. The van der Waals surface area contributed by atoms with Gasteiger partial charge >= 0.3 is 0 Å². The SMILES string of the molecule is CC1=CC=C([Si](c2ccc(C)cc2)(c2ccc(C)cc2)c2cccc(-c3ccc(N(c4cc(C(C)C)c5ccc6c(N(c7ccc(-c8cccc([Si](c9ccc(C)cc9)(c9ccc(C)cc9)c9ccc(C)cc9)c8)cc7C#N)c7cccc8c7oc7ccccc78)cc(C(C)C)c7ccc4c5c76)c4cccc5c4oc4ccccc45)c(C#N)c3)c2)CC1. The molecule has 2 aromatic heterocycles. The van der Waals surface area contributed by atoms with Crippen LogP contribution in [-0.4, -0.2) is 16.1 Å². The minimum absolute atomic E-state index is 0.0426. The van der Waals surface area contributed by atoms with Crippen molar-refractivity contribution in [3.8, 4) is 34.4 Å². The van der Waals surface area contributed by atoms with Gasteiger partial charge in [0.1, 0.15) is 23.3 Å². The van der Waals surface area contributed by atoms with Crippen LogP contribution in [0.25, 0.3) is 98.4 Å². The molecule has 8 heteroatoms. The van der Waals surface area contributed by atoms with Gasteiger partial charge in [-0.25, -0.2) is 0 Å². The van der Waals surface area contributed by atoms with Crippen molar-refractivity contribution in [3.05, 3.63) is 401 Å². The number of nitriles is 2. The molecule has 0 aliphatic heterocycles. The molecule has 0 spiro atoms. The first-order chi connectivity index (χ1) is 59.5. The van der Waals surface area contributed by atoms with Crippen LogP contribution >= 0.6 is 0 Å². The molecule has 0 fully saturated rings. The molecule has 0 N–H and O–H groups in total. The normalized spacial score (nSPS) is 12.7. The highest BCUT2D eigenvalue weighted by Crippen LogP contribution is 2.54. The summed E-state index contributed by atoms with van der Waals surface area (Å²) in [5, 5.41) is 45.4. The van der Waals surface area contributed by atoms with E-state index in [-0.39, 0.29) is 11.8 Å². The fourth-order valence-electron chi connectivity index (χ4n) is 19.9. The van der Waals surface area contributed by atoms with Crippen molar-refractivity contribution in [2.45, 2.75) is 93.9 Å². The lowest BCUT2D eigenvalue weighted by atomic mass is 9.84. The molecule has 0 amide bonds. The molecular weight excluding hydrogens is 1510 g/mol. The maximum atomic E-state index is 12.2. The van der Waals surface area contributed by atoms with E-state index in [0.717, 1.165) is 145 Å².